The van der Waals surface area contributed by atoms with E-state index in [2.05, 4.69) is 36.8 Å². The van der Waals surface area contributed by atoms with Gasteiger partial charge in [-0.15, -0.1) is 0 Å². The van der Waals surface area contributed by atoms with E-state index >= 15 is 4.39 Å². The van der Waals surface area contributed by atoms with Gasteiger partial charge in [0.2, 0.25) is 0 Å². The van der Waals surface area contributed by atoms with Gasteiger partial charge < -0.3 is 30.1 Å². The van der Waals surface area contributed by atoms with Crippen molar-refractivity contribution in [1.29, 1.82) is 0 Å². The molecule has 0 spiro atoms. The number of phosphoric ester groups is 2. The first-order chi connectivity index (χ1) is 19.5. The number of alkyl halides is 1. The van der Waals surface area contributed by atoms with Crippen molar-refractivity contribution >= 4 is 44.3 Å². The van der Waals surface area contributed by atoms with Crippen LogP contribution in [-0.2, 0) is 45.1 Å². The Balaban J connectivity index is 1.35. The minimum absolute atomic E-state index is 0.0379. The minimum Gasteiger partial charge on any atom is -0.369 e. The van der Waals surface area contributed by atoms with E-state index in [-0.39, 0.29) is 42.9 Å². The van der Waals surface area contributed by atoms with Crippen LogP contribution >= 0.6 is 15.6 Å². The molecule has 18 nitrogen and oxygen atoms in total. The zero-order chi connectivity index (χ0) is 28.9. The second kappa shape index (κ2) is 10.6. The third-order valence-corrected chi connectivity index (χ3v) is 8.33. The van der Waals surface area contributed by atoms with Gasteiger partial charge in [0.1, 0.15) is 42.2 Å². The van der Waals surface area contributed by atoms with E-state index in [9.17, 15) is 18.9 Å². The molecule has 0 saturated carbocycles. The average molecular weight is 615 g/mol. The summed E-state index contributed by atoms with van der Waals surface area (Å²) >= 11 is 0. The Morgan fingerprint density at radius 2 is 2.02 bits per heavy atom. The first-order valence-electron chi connectivity index (χ1n) is 12.1. The summed E-state index contributed by atoms with van der Waals surface area (Å²) in [5.41, 5.74) is 7.10. The molecule has 41 heavy (non-hydrogen) atoms. The molecule has 2 unspecified atom stereocenters. The van der Waals surface area contributed by atoms with Crippen molar-refractivity contribution in [2.24, 2.45) is 10.7 Å². The summed E-state index contributed by atoms with van der Waals surface area (Å²) < 4.78 is 70.5. The van der Waals surface area contributed by atoms with Gasteiger partial charge >= 0.3 is 15.6 Å². The zero-order valence-corrected chi connectivity index (χ0v) is 22.8. The van der Waals surface area contributed by atoms with Gasteiger partial charge in [0, 0.05) is 6.54 Å². The number of nitrogens with one attached hydrogen (secondary N) is 1. The maximum atomic E-state index is 15.8. The van der Waals surface area contributed by atoms with Crippen LogP contribution in [0.5, 0.6) is 0 Å². The number of aryl methyl sites for hydroxylation is 1. The number of aromatic nitrogens is 6. The summed E-state index contributed by atoms with van der Waals surface area (Å²) in [4.78, 5) is 41.6. The van der Waals surface area contributed by atoms with Crippen LogP contribution in [0.25, 0.3) is 16.9 Å². The van der Waals surface area contributed by atoms with Crippen LogP contribution in [0.4, 0.5) is 10.2 Å². The van der Waals surface area contributed by atoms with Crippen molar-refractivity contribution < 1.29 is 46.1 Å². The number of ether oxygens (including phenoxy) is 1. The Morgan fingerprint density at radius 1 is 1.20 bits per heavy atom. The first kappa shape index (κ1) is 28.0. The molecule has 0 radical (unpaired) electrons. The van der Waals surface area contributed by atoms with Gasteiger partial charge in [-0.3, -0.25) is 22.7 Å². The lowest BCUT2D eigenvalue weighted by Gasteiger charge is -2.24. The molecule has 6 rings (SSSR count). The van der Waals surface area contributed by atoms with Crippen molar-refractivity contribution in [3.05, 3.63) is 36.9 Å². The predicted octanol–water partition coefficient (Wildman–Crippen LogP) is 1.02. The normalized spacial score (nSPS) is 33.1. The van der Waals surface area contributed by atoms with E-state index in [0.29, 0.717) is 16.9 Å². The number of hydrogen-bond acceptors (Lipinski definition) is 14. The van der Waals surface area contributed by atoms with Crippen molar-refractivity contribution in [1.82, 2.24) is 34.4 Å². The summed E-state index contributed by atoms with van der Waals surface area (Å²) in [5.74, 6) is 0.232. The lowest BCUT2D eigenvalue weighted by atomic mass is 10.1. The maximum Gasteiger partial charge on any atom is 0.473 e. The fourth-order valence-electron chi connectivity index (χ4n) is 4.59. The molecular formula is C20H24FN9O9P2. The van der Waals surface area contributed by atoms with Gasteiger partial charge in [-0.25, -0.2) is 33.5 Å². The highest BCUT2D eigenvalue weighted by atomic mass is 31.2. The number of nitrogens with two attached hydrogens (primary N) is 1. The molecule has 220 valence electrons. The van der Waals surface area contributed by atoms with Gasteiger partial charge in [-0.2, -0.15) is 4.99 Å². The van der Waals surface area contributed by atoms with E-state index in [0.717, 1.165) is 0 Å². The van der Waals surface area contributed by atoms with E-state index in [1.807, 2.05) is 0 Å². The average Bonchev–Trinajstić information content (AvgIpc) is 3.58. The first-order valence-corrected chi connectivity index (χ1v) is 15.1. The molecule has 3 aromatic rings. The number of phosphoric acid groups is 2. The van der Waals surface area contributed by atoms with Crippen molar-refractivity contribution in [3.8, 4) is 0 Å². The van der Waals surface area contributed by atoms with Gasteiger partial charge in [-0.1, -0.05) is 6.58 Å². The van der Waals surface area contributed by atoms with Crippen molar-refractivity contribution in [3.63, 3.8) is 0 Å². The number of aliphatic imine (C=N–C) groups is 1. The molecule has 6 atom stereocenters. The van der Waals surface area contributed by atoms with Gasteiger partial charge in [0.15, 0.2) is 29.8 Å². The van der Waals surface area contributed by atoms with Crippen LogP contribution in [0.2, 0.25) is 0 Å². The number of hydrogen-bond donors (Lipinski definition) is 4. The Labute approximate surface area is 230 Å². The quantitative estimate of drug-likeness (QED) is 0.280. The number of guanidine groups is 1. The lowest BCUT2D eigenvalue weighted by Crippen LogP contribution is -2.33. The summed E-state index contributed by atoms with van der Waals surface area (Å²) in [5, 5.41) is 2.70. The van der Waals surface area contributed by atoms with Gasteiger partial charge in [-0.05, 0) is 6.42 Å². The standard InChI is InChI=1S/C20H24FN9O9P2/c1-10-15-18(28-20(22)26-10)30(9-25-15)19-16-14(21)12(38-19)6-36-40(31,32)35-4-2-3-29-13(7-37-41(33,34)39-16)27-11-5-23-8-24-17(11)29/h5,8-9,12,14,16,19H,1-4,6-7H2,(H,31,32)(H,33,34)(H3,22,26,28)/t12-,14-,16-,19-/m1/s1. The van der Waals surface area contributed by atoms with Crippen LogP contribution in [0, 0.1) is 0 Å². The van der Waals surface area contributed by atoms with Crippen LogP contribution in [-0.4, -0.2) is 76.4 Å². The molecule has 0 aliphatic carbocycles. The summed E-state index contributed by atoms with van der Waals surface area (Å²) in [6, 6.07) is 0. The number of rotatable bonds is 1. The molecular weight excluding hydrogens is 591 g/mol. The molecule has 2 bridgehead atoms. The van der Waals surface area contributed by atoms with Gasteiger partial charge in [0.25, 0.3) is 0 Å². The van der Waals surface area contributed by atoms with Crippen LogP contribution in [0.3, 0.4) is 0 Å². The third kappa shape index (κ3) is 5.55. The van der Waals surface area contributed by atoms with Crippen LogP contribution in [0.1, 0.15) is 24.2 Å². The Bertz CT molecular complexity index is 1630. The molecule has 3 aliphatic rings. The number of halogens is 1. The molecule has 3 aromatic heterocycles. The number of nitrogens with zero attached hydrogens (tertiary/aromatic N) is 7. The monoisotopic (exact) mass is 615 g/mol. The highest BCUT2D eigenvalue weighted by Gasteiger charge is 2.52. The second-order valence-corrected chi connectivity index (χ2v) is 12.0. The van der Waals surface area contributed by atoms with E-state index in [1.165, 1.54) is 23.4 Å². The predicted molar refractivity (Wildman–Crippen MR) is 136 cm³/mol. The van der Waals surface area contributed by atoms with Gasteiger partial charge in [0.05, 0.1) is 31.4 Å². The lowest BCUT2D eigenvalue weighted by molar-refractivity contribution is -0.0513. The topological polar surface area (TPSA) is 233 Å². The van der Waals surface area contributed by atoms with Crippen LogP contribution < -0.4 is 11.1 Å². The maximum absolute atomic E-state index is 15.8. The smallest absolute Gasteiger partial charge is 0.369 e. The fraction of sp³-hybridized carbons (Fsp3) is 0.450. The SMILES string of the molecule is C=C1NC(N)=Nc2c1ncn2[C@@H]1O[C@@H]2COP(=O)(O)OCCCn3c(nc4cncnc43)COP(=O)(O)O[C@@H]1[C@@H]2F. The van der Waals surface area contributed by atoms with Crippen molar-refractivity contribution in [2.45, 2.75) is 44.2 Å². The molecule has 3 aliphatic heterocycles. The highest BCUT2D eigenvalue weighted by molar-refractivity contribution is 7.47. The molecule has 5 N–H and O–H groups in total. The zero-order valence-electron chi connectivity index (χ0n) is 21.0. The number of fused-ring (bicyclic) bond motifs is 6. The second-order valence-electron chi connectivity index (χ2n) is 9.11. The highest BCUT2D eigenvalue weighted by Crippen LogP contribution is 2.52. The number of imidazole rings is 2. The van der Waals surface area contributed by atoms with E-state index in [4.69, 9.17) is 28.6 Å². The largest absolute Gasteiger partial charge is 0.473 e. The molecule has 1 saturated heterocycles. The van der Waals surface area contributed by atoms with E-state index in [1.54, 1.807) is 4.57 Å². The minimum atomic E-state index is -4.99. The van der Waals surface area contributed by atoms with Crippen LogP contribution in [0.15, 0.2) is 30.4 Å². The molecule has 0 aromatic carbocycles. The van der Waals surface area contributed by atoms with E-state index < -0.39 is 53.5 Å². The third-order valence-electron chi connectivity index (χ3n) is 6.38. The Hall–Kier alpha value is -3.12. The molecule has 0 amide bonds. The molecule has 21 heteroatoms. The Morgan fingerprint density at radius 3 is 2.85 bits per heavy atom. The Kier molecular flexibility index (Phi) is 7.25. The molecule has 6 heterocycles. The summed E-state index contributed by atoms with van der Waals surface area (Å²) in [6.45, 7) is 2.47. The molecule has 1 fully saturated rings. The summed E-state index contributed by atoms with van der Waals surface area (Å²) in [7, 11) is -9.63. The van der Waals surface area contributed by atoms with Crippen molar-refractivity contribution in [2.75, 3.05) is 13.2 Å². The fourth-order valence-corrected chi connectivity index (χ4v) is 6.22. The summed E-state index contributed by atoms with van der Waals surface area (Å²) in [6.07, 6.45) is -2.80.